The fourth-order valence-electron chi connectivity index (χ4n) is 3.01. The number of piperazine rings is 1. The molecule has 2 fully saturated rings. The van der Waals surface area contributed by atoms with Gasteiger partial charge >= 0.3 is 6.09 Å². The number of anilines is 1. The Morgan fingerprint density at radius 2 is 1.88 bits per heavy atom. The van der Waals surface area contributed by atoms with Crippen molar-refractivity contribution in [2.24, 2.45) is 0 Å². The molecule has 0 saturated carbocycles. The summed E-state index contributed by atoms with van der Waals surface area (Å²) in [6.07, 6.45) is -0.287. The molecule has 0 radical (unpaired) electrons. The molecule has 0 bridgehead atoms. The van der Waals surface area contributed by atoms with Gasteiger partial charge in [-0.2, -0.15) is 0 Å². The maximum Gasteiger partial charge on any atom is 0.409 e. The number of rotatable bonds is 6. The third-order valence-electron chi connectivity index (χ3n) is 4.47. The van der Waals surface area contributed by atoms with Crippen LogP contribution < -0.4 is 19.7 Å². The van der Waals surface area contributed by atoms with Gasteiger partial charge in [-0.25, -0.2) is 4.79 Å². The van der Waals surface area contributed by atoms with E-state index in [1.165, 1.54) is 0 Å². The van der Waals surface area contributed by atoms with Crippen LogP contribution in [0, 0.1) is 0 Å². The zero-order chi connectivity index (χ0) is 18.2. The molecule has 0 spiro atoms. The molecule has 0 atom stereocenters. The number of benzene rings is 1. The average Bonchev–Trinajstić information content (AvgIpc) is 2.72. The second-order valence-electron chi connectivity index (χ2n) is 6.13. The number of amides is 1. The maximum absolute atomic E-state index is 11.9. The average molecular weight is 365 g/mol. The number of morpholine rings is 1. The fourth-order valence-corrected chi connectivity index (χ4v) is 3.01. The largest absolute Gasteiger partial charge is 0.493 e. The van der Waals surface area contributed by atoms with Crippen molar-refractivity contribution in [2.75, 3.05) is 77.7 Å². The zero-order valence-electron chi connectivity index (χ0n) is 15.2. The van der Waals surface area contributed by atoms with Crippen molar-refractivity contribution < 1.29 is 23.7 Å². The van der Waals surface area contributed by atoms with E-state index in [0.717, 1.165) is 45.1 Å². The number of carbonyl (C=O) groups excluding carboxylic acids is 1. The Labute approximate surface area is 153 Å². The van der Waals surface area contributed by atoms with Crippen LogP contribution >= 0.6 is 0 Å². The van der Waals surface area contributed by atoms with Crippen molar-refractivity contribution in [3.8, 4) is 11.5 Å². The van der Waals surface area contributed by atoms with E-state index in [4.69, 9.17) is 18.9 Å². The summed E-state index contributed by atoms with van der Waals surface area (Å²) in [4.78, 5) is 15.9. The van der Waals surface area contributed by atoms with Gasteiger partial charge in [0.05, 0.1) is 20.3 Å². The molecule has 8 nitrogen and oxygen atoms in total. The molecule has 2 saturated heterocycles. The third kappa shape index (κ3) is 4.92. The lowest BCUT2D eigenvalue weighted by molar-refractivity contribution is 0.0840. The number of hydrogen-bond donors (Lipinski definition) is 1. The monoisotopic (exact) mass is 365 g/mol. The van der Waals surface area contributed by atoms with Gasteiger partial charge in [0.2, 0.25) is 0 Å². The second kappa shape index (κ2) is 9.49. The molecule has 2 aliphatic heterocycles. The van der Waals surface area contributed by atoms with Crippen LogP contribution in [0.3, 0.4) is 0 Å². The summed E-state index contributed by atoms with van der Waals surface area (Å²) in [5.74, 6) is 1.31. The van der Waals surface area contributed by atoms with Gasteiger partial charge in [0.15, 0.2) is 11.5 Å². The summed E-state index contributed by atoms with van der Waals surface area (Å²) in [7, 11) is 1.62. The molecular formula is C18H27N3O5. The first-order valence-corrected chi connectivity index (χ1v) is 9.04. The van der Waals surface area contributed by atoms with Gasteiger partial charge in [-0.1, -0.05) is 0 Å². The topological polar surface area (TPSA) is 72.5 Å². The Balaban J connectivity index is 1.47. The SMILES string of the molecule is COc1cc(N2CCOCC2)ccc1OCCOC(=O)N1CCNCC1. The highest BCUT2D eigenvalue weighted by Crippen LogP contribution is 2.32. The molecule has 1 amide bonds. The quantitative estimate of drug-likeness (QED) is 0.753. The van der Waals surface area contributed by atoms with E-state index in [2.05, 4.69) is 10.2 Å². The van der Waals surface area contributed by atoms with Crippen LogP contribution in [0.4, 0.5) is 10.5 Å². The normalized spacial score (nSPS) is 17.7. The molecule has 1 aromatic rings. The van der Waals surface area contributed by atoms with Gasteiger partial charge in [0.1, 0.15) is 13.2 Å². The minimum Gasteiger partial charge on any atom is -0.493 e. The van der Waals surface area contributed by atoms with E-state index < -0.39 is 0 Å². The highest BCUT2D eigenvalue weighted by atomic mass is 16.6. The zero-order valence-corrected chi connectivity index (χ0v) is 15.2. The standard InChI is InChI=1S/C18H27N3O5/c1-23-17-14-15(20-8-10-24-11-9-20)2-3-16(17)25-12-13-26-18(22)21-6-4-19-5-7-21/h2-3,14,19H,4-13H2,1H3. The predicted molar refractivity (Wildman–Crippen MR) is 97.3 cm³/mol. The minimum atomic E-state index is -0.287. The van der Waals surface area contributed by atoms with E-state index in [1.807, 2.05) is 18.2 Å². The van der Waals surface area contributed by atoms with E-state index in [0.29, 0.717) is 24.6 Å². The van der Waals surface area contributed by atoms with E-state index >= 15 is 0 Å². The van der Waals surface area contributed by atoms with Gasteiger partial charge in [-0.05, 0) is 12.1 Å². The molecule has 26 heavy (non-hydrogen) atoms. The van der Waals surface area contributed by atoms with Crippen LogP contribution in [0.2, 0.25) is 0 Å². The van der Waals surface area contributed by atoms with Crippen LogP contribution in [-0.2, 0) is 9.47 Å². The molecule has 0 aliphatic carbocycles. The third-order valence-corrected chi connectivity index (χ3v) is 4.47. The molecule has 1 aromatic carbocycles. The highest BCUT2D eigenvalue weighted by molar-refractivity contribution is 5.67. The van der Waals surface area contributed by atoms with Crippen molar-refractivity contribution in [1.29, 1.82) is 0 Å². The smallest absolute Gasteiger partial charge is 0.409 e. The number of hydrogen-bond acceptors (Lipinski definition) is 7. The number of nitrogens with zero attached hydrogens (tertiary/aromatic N) is 2. The lowest BCUT2D eigenvalue weighted by atomic mass is 10.2. The van der Waals surface area contributed by atoms with Crippen LogP contribution in [0.5, 0.6) is 11.5 Å². The molecular weight excluding hydrogens is 338 g/mol. The molecule has 0 aromatic heterocycles. The molecule has 8 heteroatoms. The Kier molecular flexibility index (Phi) is 6.79. The molecule has 0 unspecified atom stereocenters. The van der Waals surface area contributed by atoms with E-state index in [-0.39, 0.29) is 19.3 Å². The summed E-state index contributed by atoms with van der Waals surface area (Å²) in [5, 5.41) is 3.20. The Hall–Kier alpha value is -2.19. The Morgan fingerprint density at radius 3 is 2.62 bits per heavy atom. The van der Waals surface area contributed by atoms with Gasteiger partial charge in [-0.3, -0.25) is 0 Å². The van der Waals surface area contributed by atoms with Crippen LogP contribution in [0.1, 0.15) is 0 Å². The van der Waals surface area contributed by atoms with Gasteiger partial charge in [0, 0.05) is 51.0 Å². The number of carbonyl (C=O) groups is 1. The lowest BCUT2D eigenvalue weighted by Crippen LogP contribution is -2.46. The predicted octanol–water partition coefficient (Wildman–Crippen LogP) is 0.952. The molecule has 2 aliphatic rings. The number of methoxy groups -OCH3 is 1. The van der Waals surface area contributed by atoms with Crippen molar-refractivity contribution in [2.45, 2.75) is 0 Å². The highest BCUT2D eigenvalue weighted by Gasteiger charge is 2.17. The van der Waals surface area contributed by atoms with Crippen molar-refractivity contribution >= 4 is 11.8 Å². The van der Waals surface area contributed by atoms with Crippen molar-refractivity contribution in [1.82, 2.24) is 10.2 Å². The van der Waals surface area contributed by atoms with Crippen LogP contribution in [0.15, 0.2) is 18.2 Å². The summed E-state index contributed by atoms with van der Waals surface area (Å²) in [6.45, 7) is 6.65. The molecule has 144 valence electrons. The molecule has 1 N–H and O–H groups in total. The first-order valence-electron chi connectivity index (χ1n) is 9.04. The van der Waals surface area contributed by atoms with Gasteiger partial charge < -0.3 is 34.1 Å². The molecule has 3 rings (SSSR count). The van der Waals surface area contributed by atoms with Crippen LogP contribution in [-0.4, -0.2) is 83.8 Å². The van der Waals surface area contributed by atoms with Crippen molar-refractivity contribution in [3.63, 3.8) is 0 Å². The van der Waals surface area contributed by atoms with Crippen molar-refractivity contribution in [3.05, 3.63) is 18.2 Å². The summed E-state index contributed by atoms with van der Waals surface area (Å²) in [6, 6.07) is 5.87. The van der Waals surface area contributed by atoms with Gasteiger partial charge in [0.25, 0.3) is 0 Å². The lowest BCUT2D eigenvalue weighted by Gasteiger charge is -2.29. The fraction of sp³-hybridized carbons (Fsp3) is 0.611. The first-order chi connectivity index (χ1) is 12.8. The minimum absolute atomic E-state index is 0.205. The summed E-state index contributed by atoms with van der Waals surface area (Å²) < 4.78 is 21.8. The summed E-state index contributed by atoms with van der Waals surface area (Å²) >= 11 is 0. The second-order valence-corrected chi connectivity index (χ2v) is 6.13. The number of nitrogens with one attached hydrogen (secondary N) is 1. The molecule has 2 heterocycles. The maximum atomic E-state index is 11.9. The van der Waals surface area contributed by atoms with E-state index in [9.17, 15) is 4.79 Å². The Bertz CT molecular complexity index is 586. The van der Waals surface area contributed by atoms with E-state index in [1.54, 1.807) is 12.0 Å². The first kappa shape index (κ1) is 18.6. The number of ether oxygens (including phenoxy) is 4. The Morgan fingerprint density at radius 1 is 1.12 bits per heavy atom. The van der Waals surface area contributed by atoms with Gasteiger partial charge in [-0.15, -0.1) is 0 Å². The van der Waals surface area contributed by atoms with Crippen LogP contribution in [0.25, 0.3) is 0 Å². The summed E-state index contributed by atoms with van der Waals surface area (Å²) in [5.41, 5.74) is 1.09.